The number of para-hydroxylation sites is 4. The molecule has 0 aliphatic heterocycles. The summed E-state index contributed by atoms with van der Waals surface area (Å²) in [5, 5.41) is 2.97. The van der Waals surface area contributed by atoms with Crippen LogP contribution in [0, 0.1) is 11.8 Å². The molecule has 3 aromatic rings. The average Bonchev–Trinajstić information content (AvgIpc) is 2.86. The second kappa shape index (κ2) is 9.96. The molecule has 0 saturated heterocycles. The number of hydrogen-bond donors (Lipinski definition) is 1. The number of benzene rings is 3. The number of allylic oxidation sites excluding steroid dienone is 2. The number of nitrogens with one attached hydrogen (secondary N) is 1. The molecule has 3 aromatic carbocycles. The summed E-state index contributed by atoms with van der Waals surface area (Å²) < 4.78 is 5.36. The highest BCUT2D eigenvalue weighted by Crippen LogP contribution is 2.35. The molecule has 4 rings (SSSR count). The molecule has 1 N–H and O–H groups in total. The largest absolute Gasteiger partial charge is 0.495 e. The monoisotopic (exact) mass is 426 g/mol. The number of anilines is 3. The summed E-state index contributed by atoms with van der Waals surface area (Å²) in [4.78, 5) is 28.9. The summed E-state index contributed by atoms with van der Waals surface area (Å²) in [5.74, 6) is -0.641. The van der Waals surface area contributed by atoms with Crippen LogP contribution in [0.25, 0.3) is 0 Å². The first-order valence-corrected chi connectivity index (χ1v) is 10.7. The van der Waals surface area contributed by atoms with Gasteiger partial charge in [-0.1, -0.05) is 60.7 Å². The first-order chi connectivity index (χ1) is 15.7. The van der Waals surface area contributed by atoms with Crippen LogP contribution in [-0.2, 0) is 9.59 Å². The number of hydrogen-bond acceptors (Lipinski definition) is 3. The third-order valence-corrected chi connectivity index (χ3v) is 5.70. The van der Waals surface area contributed by atoms with Gasteiger partial charge in [0.1, 0.15) is 5.75 Å². The SMILES string of the molecule is COc1ccccc1NC(=O)[C@H]1CC=CC[C@@H]1C(=O)N(c1ccccc1)c1ccccc1. The van der Waals surface area contributed by atoms with E-state index in [0.717, 1.165) is 11.4 Å². The van der Waals surface area contributed by atoms with Crippen LogP contribution in [0.3, 0.4) is 0 Å². The van der Waals surface area contributed by atoms with Crippen LogP contribution in [-0.4, -0.2) is 18.9 Å². The quantitative estimate of drug-likeness (QED) is 0.524. The summed E-state index contributed by atoms with van der Waals surface area (Å²) in [6.07, 6.45) is 4.99. The predicted octanol–water partition coefficient (Wildman–Crippen LogP) is 5.58. The fourth-order valence-electron chi connectivity index (χ4n) is 4.07. The van der Waals surface area contributed by atoms with Gasteiger partial charge in [-0.3, -0.25) is 14.5 Å². The molecule has 2 atom stereocenters. The summed E-state index contributed by atoms with van der Waals surface area (Å²) in [6, 6.07) is 26.4. The van der Waals surface area contributed by atoms with Crippen molar-refractivity contribution in [1.29, 1.82) is 0 Å². The second-order valence-electron chi connectivity index (χ2n) is 7.69. The van der Waals surface area contributed by atoms with Crippen LogP contribution in [0.15, 0.2) is 97.1 Å². The fourth-order valence-corrected chi connectivity index (χ4v) is 4.07. The van der Waals surface area contributed by atoms with E-state index in [-0.39, 0.29) is 11.8 Å². The lowest BCUT2D eigenvalue weighted by molar-refractivity contribution is -0.130. The first kappa shape index (κ1) is 21.4. The Labute approximate surface area is 188 Å². The van der Waals surface area contributed by atoms with Crippen molar-refractivity contribution in [1.82, 2.24) is 0 Å². The smallest absolute Gasteiger partial charge is 0.235 e. The van der Waals surface area contributed by atoms with E-state index in [1.54, 1.807) is 24.1 Å². The molecule has 5 nitrogen and oxygen atoms in total. The molecule has 0 spiro atoms. The molecule has 0 unspecified atom stereocenters. The molecule has 0 bridgehead atoms. The number of nitrogens with zero attached hydrogens (tertiary/aromatic N) is 1. The lowest BCUT2D eigenvalue weighted by Crippen LogP contribution is -2.41. The van der Waals surface area contributed by atoms with Gasteiger partial charge >= 0.3 is 0 Å². The van der Waals surface area contributed by atoms with Crippen molar-refractivity contribution in [3.05, 3.63) is 97.1 Å². The van der Waals surface area contributed by atoms with Gasteiger partial charge in [0.05, 0.1) is 24.6 Å². The fraction of sp³-hybridized carbons (Fsp3) is 0.185. The van der Waals surface area contributed by atoms with E-state index in [0.29, 0.717) is 24.3 Å². The highest BCUT2D eigenvalue weighted by Gasteiger charge is 2.37. The Morgan fingerprint density at radius 3 is 1.91 bits per heavy atom. The Morgan fingerprint density at radius 2 is 1.31 bits per heavy atom. The van der Waals surface area contributed by atoms with Crippen molar-refractivity contribution in [2.45, 2.75) is 12.8 Å². The molecular weight excluding hydrogens is 400 g/mol. The molecule has 0 heterocycles. The zero-order valence-corrected chi connectivity index (χ0v) is 18.0. The van der Waals surface area contributed by atoms with Crippen LogP contribution in [0.4, 0.5) is 17.1 Å². The number of rotatable bonds is 6. The van der Waals surface area contributed by atoms with E-state index in [4.69, 9.17) is 4.74 Å². The molecule has 32 heavy (non-hydrogen) atoms. The standard InChI is InChI=1S/C27H26N2O3/c1-32-25-19-11-10-18-24(25)28-26(30)22-16-8-9-17-23(22)27(31)29(20-12-4-2-5-13-20)21-14-6-3-7-15-21/h2-15,18-19,22-23H,16-17H2,1H3,(H,28,30)/t22-,23-/m0/s1. The van der Waals surface area contributed by atoms with Crippen LogP contribution < -0.4 is 15.0 Å². The summed E-state index contributed by atoms with van der Waals surface area (Å²) in [7, 11) is 1.57. The minimum atomic E-state index is -0.479. The van der Waals surface area contributed by atoms with Gasteiger partial charge in [0.25, 0.3) is 0 Å². The van der Waals surface area contributed by atoms with Gasteiger partial charge in [0.15, 0.2) is 0 Å². The van der Waals surface area contributed by atoms with Crippen molar-refractivity contribution < 1.29 is 14.3 Å². The average molecular weight is 427 g/mol. The molecule has 2 amide bonds. The van der Waals surface area contributed by atoms with Gasteiger partial charge in [-0.05, 0) is 49.2 Å². The number of amides is 2. The van der Waals surface area contributed by atoms with Gasteiger partial charge in [0, 0.05) is 11.4 Å². The normalized spacial score (nSPS) is 17.4. The van der Waals surface area contributed by atoms with E-state index in [1.165, 1.54) is 0 Å². The Kier molecular flexibility index (Phi) is 6.66. The number of carbonyl (C=O) groups is 2. The van der Waals surface area contributed by atoms with Crippen LogP contribution >= 0.6 is 0 Å². The first-order valence-electron chi connectivity index (χ1n) is 10.7. The van der Waals surface area contributed by atoms with Crippen LogP contribution in [0.1, 0.15) is 12.8 Å². The molecular formula is C27H26N2O3. The highest BCUT2D eigenvalue weighted by atomic mass is 16.5. The summed E-state index contributed by atoms with van der Waals surface area (Å²) in [6.45, 7) is 0. The molecule has 1 aliphatic carbocycles. The summed E-state index contributed by atoms with van der Waals surface area (Å²) in [5.41, 5.74) is 2.16. The molecule has 0 fully saturated rings. The third-order valence-electron chi connectivity index (χ3n) is 5.70. The number of carbonyl (C=O) groups excluding carboxylic acids is 2. The van der Waals surface area contributed by atoms with E-state index < -0.39 is 11.8 Å². The number of methoxy groups -OCH3 is 1. The lowest BCUT2D eigenvalue weighted by Gasteiger charge is -2.32. The number of ether oxygens (including phenoxy) is 1. The Morgan fingerprint density at radius 1 is 0.781 bits per heavy atom. The molecule has 0 radical (unpaired) electrons. The van der Waals surface area contributed by atoms with Crippen LogP contribution in [0.2, 0.25) is 0 Å². The van der Waals surface area contributed by atoms with Gasteiger partial charge < -0.3 is 10.1 Å². The maximum atomic E-state index is 13.9. The van der Waals surface area contributed by atoms with Gasteiger partial charge in [-0.15, -0.1) is 0 Å². The maximum Gasteiger partial charge on any atom is 0.235 e. The maximum absolute atomic E-state index is 13.9. The van der Waals surface area contributed by atoms with Crippen LogP contribution in [0.5, 0.6) is 5.75 Å². The molecule has 162 valence electrons. The molecule has 1 aliphatic rings. The van der Waals surface area contributed by atoms with Crippen molar-refractivity contribution in [3.63, 3.8) is 0 Å². The summed E-state index contributed by atoms with van der Waals surface area (Å²) >= 11 is 0. The van der Waals surface area contributed by atoms with Crippen molar-refractivity contribution >= 4 is 28.9 Å². The Hall–Kier alpha value is -3.86. The molecule has 0 aromatic heterocycles. The van der Waals surface area contributed by atoms with Crippen molar-refractivity contribution in [2.24, 2.45) is 11.8 Å². The van der Waals surface area contributed by atoms with E-state index in [1.807, 2.05) is 84.9 Å². The zero-order chi connectivity index (χ0) is 22.3. The Bertz CT molecular complexity index is 1060. The van der Waals surface area contributed by atoms with Gasteiger partial charge in [-0.25, -0.2) is 0 Å². The van der Waals surface area contributed by atoms with Gasteiger partial charge in [-0.2, -0.15) is 0 Å². The lowest BCUT2D eigenvalue weighted by atomic mass is 9.81. The topological polar surface area (TPSA) is 58.6 Å². The third kappa shape index (κ3) is 4.57. The minimum Gasteiger partial charge on any atom is -0.495 e. The van der Waals surface area contributed by atoms with Crippen molar-refractivity contribution in [3.8, 4) is 5.75 Å². The Balaban J connectivity index is 1.64. The minimum absolute atomic E-state index is 0.0908. The predicted molar refractivity (Wildman–Crippen MR) is 127 cm³/mol. The van der Waals surface area contributed by atoms with E-state index in [2.05, 4.69) is 5.32 Å². The highest BCUT2D eigenvalue weighted by molar-refractivity contribution is 6.05. The van der Waals surface area contributed by atoms with E-state index >= 15 is 0 Å². The van der Waals surface area contributed by atoms with Gasteiger partial charge in [0.2, 0.25) is 11.8 Å². The van der Waals surface area contributed by atoms with E-state index in [9.17, 15) is 9.59 Å². The molecule has 5 heteroatoms. The second-order valence-corrected chi connectivity index (χ2v) is 7.69. The zero-order valence-electron chi connectivity index (χ0n) is 18.0. The van der Waals surface area contributed by atoms with Crippen molar-refractivity contribution in [2.75, 3.05) is 17.3 Å². The molecule has 0 saturated carbocycles.